The van der Waals surface area contributed by atoms with Gasteiger partial charge in [0.2, 0.25) is 0 Å². The summed E-state index contributed by atoms with van der Waals surface area (Å²) in [5.41, 5.74) is -0.154. The number of anilines is 1. The topological polar surface area (TPSA) is 75.7 Å². The Hall–Kier alpha value is -3.07. The SMILES string of the molecule is O=C(COC(=O)C1CCN(C(=O)c2ccc(C(F)(F)F)cc2)CC1)Nc1ccc(Cl)cc1. The molecular weight excluding hydrogens is 449 g/mol. The van der Waals surface area contributed by atoms with Crippen LogP contribution in [0.3, 0.4) is 0 Å². The van der Waals surface area contributed by atoms with Gasteiger partial charge in [-0.1, -0.05) is 11.6 Å². The van der Waals surface area contributed by atoms with E-state index in [1.54, 1.807) is 24.3 Å². The van der Waals surface area contributed by atoms with Gasteiger partial charge in [0.1, 0.15) is 0 Å². The second-order valence-corrected chi connectivity index (χ2v) is 7.74. The van der Waals surface area contributed by atoms with E-state index < -0.39 is 42.0 Å². The third kappa shape index (κ3) is 6.23. The molecule has 2 amide bonds. The largest absolute Gasteiger partial charge is 0.455 e. The van der Waals surface area contributed by atoms with Gasteiger partial charge in [-0.25, -0.2) is 0 Å². The highest BCUT2D eigenvalue weighted by atomic mass is 35.5. The maximum atomic E-state index is 12.7. The lowest BCUT2D eigenvalue weighted by Crippen LogP contribution is -2.41. The number of piperidine rings is 1. The highest BCUT2D eigenvalue weighted by Gasteiger charge is 2.32. The summed E-state index contributed by atoms with van der Waals surface area (Å²) in [7, 11) is 0. The first-order chi connectivity index (χ1) is 15.1. The predicted molar refractivity (Wildman–Crippen MR) is 111 cm³/mol. The molecule has 0 spiro atoms. The van der Waals surface area contributed by atoms with Gasteiger partial charge in [-0.15, -0.1) is 0 Å². The Balaban J connectivity index is 1.44. The molecule has 0 aromatic heterocycles. The van der Waals surface area contributed by atoms with E-state index in [1.165, 1.54) is 4.90 Å². The fourth-order valence-electron chi connectivity index (χ4n) is 3.29. The number of amides is 2. The summed E-state index contributed by atoms with van der Waals surface area (Å²) >= 11 is 5.78. The molecule has 0 saturated carbocycles. The molecule has 10 heteroatoms. The monoisotopic (exact) mass is 468 g/mol. The Morgan fingerprint density at radius 1 is 1.00 bits per heavy atom. The fourth-order valence-corrected chi connectivity index (χ4v) is 3.41. The number of ether oxygens (including phenoxy) is 1. The summed E-state index contributed by atoms with van der Waals surface area (Å²) in [5.74, 6) is -1.88. The molecular formula is C22H20ClF3N2O4. The molecule has 3 rings (SSSR count). The summed E-state index contributed by atoms with van der Waals surface area (Å²) in [6, 6.07) is 10.5. The zero-order valence-electron chi connectivity index (χ0n) is 16.8. The van der Waals surface area contributed by atoms with Gasteiger partial charge in [-0.2, -0.15) is 13.2 Å². The Bertz CT molecular complexity index is 970. The number of halogens is 4. The standard InChI is InChI=1S/C22H20ClF3N2O4/c23-17-5-7-18(8-6-17)27-19(29)13-32-21(31)15-9-11-28(12-10-15)20(30)14-1-3-16(4-2-14)22(24,25)26/h1-8,15H,9-13H2,(H,27,29). The van der Waals surface area contributed by atoms with Crippen molar-refractivity contribution in [2.24, 2.45) is 5.92 Å². The number of carbonyl (C=O) groups excluding carboxylic acids is 3. The minimum Gasteiger partial charge on any atom is -0.455 e. The highest BCUT2D eigenvalue weighted by molar-refractivity contribution is 6.30. The maximum absolute atomic E-state index is 12.7. The second-order valence-electron chi connectivity index (χ2n) is 7.30. The third-order valence-corrected chi connectivity index (χ3v) is 5.30. The summed E-state index contributed by atoms with van der Waals surface area (Å²) in [6.07, 6.45) is -3.79. The molecule has 0 aliphatic carbocycles. The number of alkyl halides is 3. The van der Waals surface area contributed by atoms with Crippen molar-refractivity contribution in [1.29, 1.82) is 0 Å². The lowest BCUT2D eigenvalue weighted by atomic mass is 9.96. The molecule has 6 nitrogen and oxygen atoms in total. The number of nitrogens with zero attached hydrogens (tertiary/aromatic N) is 1. The number of carbonyl (C=O) groups is 3. The molecule has 1 aliphatic rings. The molecule has 1 N–H and O–H groups in total. The van der Waals surface area contributed by atoms with Crippen LogP contribution in [0.4, 0.5) is 18.9 Å². The van der Waals surface area contributed by atoms with Crippen LogP contribution in [0.1, 0.15) is 28.8 Å². The summed E-state index contributed by atoms with van der Waals surface area (Å²) in [5, 5.41) is 3.11. The molecule has 1 fully saturated rings. The van der Waals surface area contributed by atoms with Gasteiger partial charge in [-0.05, 0) is 61.4 Å². The van der Waals surface area contributed by atoms with Gasteiger partial charge in [-0.3, -0.25) is 14.4 Å². The molecule has 1 heterocycles. The van der Waals surface area contributed by atoms with E-state index in [4.69, 9.17) is 16.3 Å². The van der Waals surface area contributed by atoms with Crippen LogP contribution in [0.5, 0.6) is 0 Å². The number of likely N-dealkylation sites (tertiary alicyclic amines) is 1. The molecule has 1 saturated heterocycles. The van der Waals surface area contributed by atoms with Crippen molar-refractivity contribution in [3.8, 4) is 0 Å². The molecule has 2 aromatic rings. The molecule has 0 bridgehead atoms. The van der Waals surface area contributed by atoms with Crippen LogP contribution in [0.25, 0.3) is 0 Å². The highest BCUT2D eigenvalue weighted by Crippen LogP contribution is 2.29. The van der Waals surface area contributed by atoms with E-state index in [2.05, 4.69) is 5.32 Å². The number of nitrogens with one attached hydrogen (secondary N) is 1. The van der Waals surface area contributed by atoms with Gasteiger partial charge < -0.3 is 15.0 Å². The van der Waals surface area contributed by atoms with Crippen LogP contribution in [0.2, 0.25) is 5.02 Å². The van der Waals surface area contributed by atoms with Crippen molar-refractivity contribution in [2.45, 2.75) is 19.0 Å². The van der Waals surface area contributed by atoms with E-state index in [0.29, 0.717) is 23.6 Å². The summed E-state index contributed by atoms with van der Waals surface area (Å²) in [4.78, 5) is 38.2. The second kappa shape index (κ2) is 10.0. The minimum atomic E-state index is -4.47. The van der Waals surface area contributed by atoms with E-state index in [0.717, 1.165) is 24.3 Å². The van der Waals surface area contributed by atoms with Gasteiger partial charge in [0.05, 0.1) is 11.5 Å². The van der Waals surface area contributed by atoms with Crippen molar-refractivity contribution >= 4 is 35.1 Å². The number of rotatable bonds is 5. The predicted octanol–water partition coefficient (Wildman–Crippen LogP) is 4.39. The van der Waals surface area contributed by atoms with Crippen molar-refractivity contribution in [2.75, 3.05) is 25.0 Å². The zero-order valence-corrected chi connectivity index (χ0v) is 17.6. The van der Waals surface area contributed by atoms with E-state index >= 15 is 0 Å². The minimum absolute atomic E-state index is 0.151. The summed E-state index contributed by atoms with van der Waals surface area (Å²) < 4.78 is 43.1. The quantitative estimate of drug-likeness (QED) is 0.660. The molecule has 32 heavy (non-hydrogen) atoms. The molecule has 0 unspecified atom stereocenters. The van der Waals surface area contributed by atoms with Crippen LogP contribution in [0.15, 0.2) is 48.5 Å². The number of hydrogen-bond donors (Lipinski definition) is 1. The van der Waals surface area contributed by atoms with Gasteiger partial charge in [0, 0.05) is 29.4 Å². The first-order valence-electron chi connectivity index (χ1n) is 9.82. The fraction of sp³-hybridized carbons (Fsp3) is 0.318. The van der Waals surface area contributed by atoms with Gasteiger partial charge >= 0.3 is 12.1 Å². The Kier molecular flexibility index (Phi) is 7.40. The van der Waals surface area contributed by atoms with Crippen molar-refractivity contribution in [3.05, 3.63) is 64.7 Å². The normalized spacial score (nSPS) is 14.7. The lowest BCUT2D eigenvalue weighted by Gasteiger charge is -2.31. The third-order valence-electron chi connectivity index (χ3n) is 5.05. The number of hydrogen-bond acceptors (Lipinski definition) is 4. The number of benzene rings is 2. The first kappa shape index (κ1) is 23.6. The Morgan fingerprint density at radius 3 is 2.16 bits per heavy atom. The molecule has 0 radical (unpaired) electrons. The Labute approximate surface area is 187 Å². The molecule has 1 aliphatic heterocycles. The van der Waals surface area contributed by atoms with Crippen molar-refractivity contribution in [3.63, 3.8) is 0 Å². The summed E-state index contributed by atoms with van der Waals surface area (Å²) in [6.45, 7) is 0.0827. The van der Waals surface area contributed by atoms with Crippen LogP contribution < -0.4 is 5.32 Å². The molecule has 2 aromatic carbocycles. The van der Waals surface area contributed by atoms with Gasteiger partial charge in [0.25, 0.3) is 11.8 Å². The Morgan fingerprint density at radius 2 is 1.59 bits per heavy atom. The zero-order chi connectivity index (χ0) is 23.3. The average Bonchev–Trinajstić information content (AvgIpc) is 2.78. The van der Waals surface area contributed by atoms with E-state index in [1.807, 2.05) is 0 Å². The molecule has 170 valence electrons. The maximum Gasteiger partial charge on any atom is 0.416 e. The van der Waals surface area contributed by atoms with Crippen molar-refractivity contribution < 1.29 is 32.3 Å². The number of esters is 1. The van der Waals surface area contributed by atoms with Crippen LogP contribution >= 0.6 is 11.6 Å². The van der Waals surface area contributed by atoms with Crippen LogP contribution in [0, 0.1) is 5.92 Å². The van der Waals surface area contributed by atoms with Gasteiger partial charge in [0.15, 0.2) is 6.61 Å². The molecule has 0 atom stereocenters. The van der Waals surface area contributed by atoms with E-state index in [9.17, 15) is 27.6 Å². The van der Waals surface area contributed by atoms with E-state index in [-0.39, 0.29) is 18.7 Å². The average molecular weight is 469 g/mol. The lowest BCUT2D eigenvalue weighted by molar-refractivity contribution is -0.152. The smallest absolute Gasteiger partial charge is 0.416 e. The first-order valence-corrected chi connectivity index (χ1v) is 10.2. The van der Waals surface area contributed by atoms with Crippen LogP contribution in [-0.4, -0.2) is 42.4 Å². The van der Waals surface area contributed by atoms with Crippen LogP contribution in [-0.2, 0) is 20.5 Å². The van der Waals surface area contributed by atoms with Crippen molar-refractivity contribution in [1.82, 2.24) is 4.90 Å².